The summed E-state index contributed by atoms with van der Waals surface area (Å²) in [6.45, 7) is 4.44. The number of likely N-dealkylation sites (N-methyl/N-ethyl adjacent to an activating group) is 1. The van der Waals surface area contributed by atoms with Gasteiger partial charge in [0.05, 0.1) is 25.0 Å². The molecule has 1 aliphatic heterocycles. The Hall–Kier alpha value is -1.68. The number of rotatable bonds is 6. The van der Waals surface area contributed by atoms with Gasteiger partial charge in [-0.15, -0.1) is 0 Å². The number of nitrogens with zero attached hydrogens (tertiary/aromatic N) is 3. The van der Waals surface area contributed by atoms with Crippen LogP contribution in [0.25, 0.3) is 0 Å². The molecule has 0 bridgehead atoms. The number of ether oxygens (including phenoxy) is 1. The first-order chi connectivity index (χ1) is 11.5. The predicted octanol–water partition coefficient (Wildman–Crippen LogP) is 0.753. The second kappa shape index (κ2) is 7.06. The molecule has 0 spiro atoms. The summed E-state index contributed by atoms with van der Waals surface area (Å²) in [6, 6.07) is 1.31. The topological polar surface area (TPSA) is 89.6 Å². The molecule has 132 valence electrons. The zero-order valence-electron chi connectivity index (χ0n) is 13.8. The molecule has 0 saturated carbocycles. The van der Waals surface area contributed by atoms with Crippen molar-refractivity contribution in [3.05, 3.63) is 36.8 Å². The first-order valence-electron chi connectivity index (χ1n) is 7.87. The Kier molecular flexibility index (Phi) is 5.04. The molecule has 8 nitrogen and oxygen atoms in total. The highest BCUT2D eigenvalue weighted by atomic mass is 32.2. The number of hydrogen-bond donors (Lipinski definition) is 1. The van der Waals surface area contributed by atoms with E-state index >= 15 is 0 Å². The lowest BCUT2D eigenvalue weighted by Crippen LogP contribution is -2.50. The molecule has 9 heteroatoms. The molecular formula is C15H22N4O4S. The van der Waals surface area contributed by atoms with Gasteiger partial charge in [-0.3, -0.25) is 4.90 Å². The van der Waals surface area contributed by atoms with E-state index in [1.54, 1.807) is 6.20 Å². The zero-order valence-corrected chi connectivity index (χ0v) is 14.6. The molecule has 1 N–H and O–H groups in total. The Labute approximate surface area is 141 Å². The third kappa shape index (κ3) is 3.39. The summed E-state index contributed by atoms with van der Waals surface area (Å²) in [5.74, 6) is 0.865. The standard InChI is InChI=1S/C15H22N4O4S/c1-3-19-7-9-23-13(14(19)15-16-5-6-18(15)2)10-17-24(20,21)12-4-8-22-11-12/h4-6,8,11,13-14,17H,3,7,9-10H2,1-2H3/t13-,14+/m0/s1. The van der Waals surface area contributed by atoms with Crippen molar-refractivity contribution < 1.29 is 17.6 Å². The number of aryl methyl sites for hydroxylation is 1. The number of aromatic nitrogens is 2. The number of morpholine rings is 1. The third-order valence-corrected chi connectivity index (χ3v) is 5.66. The first-order valence-corrected chi connectivity index (χ1v) is 9.36. The van der Waals surface area contributed by atoms with E-state index in [2.05, 4.69) is 21.5 Å². The van der Waals surface area contributed by atoms with Gasteiger partial charge in [-0.05, 0) is 12.6 Å². The Morgan fingerprint density at radius 2 is 2.29 bits per heavy atom. The summed E-state index contributed by atoms with van der Waals surface area (Å²) in [7, 11) is -1.68. The smallest absolute Gasteiger partial charge is 0.243 e. The van der Waals surface area contributed by atoms with Gasteiger partial charge in [-0.2, -0.15) is 0 Å². The largest absolute Gasteiger partial charge is 0.471 e. The summed E-state index contributed by atoms with van der Waals surface area (Å²) in [5.41, 5.74) is 0. The van der Waals surface area contributed by atoms with E-state index in [9.17, 15) is 8.42 Å². The second-order valence-corrected chi connectivity index (χ2v) is 7.46. The molecule has 1 aliphatic rings. The van der Waals surface area contributed by atoms with Crippen molar-refractivity contribution in [3.63, 3.8) is 0 Å². The average molecular weight is 354 g/mol. The summed E-state index contributed by atoms with van der Waals surface area (Å²) < 4.78 is 39.8. The molecule has 24 heavy (non-hydrogen) atoms. The highest BCUT2D eigenvalue weighted by Gasteiger charge is 2.36. The maximum absolute atomic E-state index is 12.3. The van der Waals surface area contributed by atoms with Crippen LogP contribution in [0.15, 0.2) is 40.3 Å². The van der Waals surface area contributed by atoms with Gasteiger partial charge in [0.2, 0.25) is 10.0 Å². The molecule has 3 heterocycles. The monoisotopic (exact) mass is 354 g/mol. The molecule has 2 atom stereocenters. The molecule has 1 fully saturated rings. The molecule has 0 aliphatic carbocycles. The van der Waals surface area contributed by atoms with Crippen LogP contribution in [-0.2, 0) is 21.8 Å². The molecular weight excluding hydrogens is 332 g/mol. The summed E-state index contributed by atoms with van der Waals surface area (Å²) in [5, 5.41) is 0. The van der Waals surface area contributed by atoms with Crippen molar-refractivity contribution in [2.45, 2.75) is 24.0 Å². The van der Waals surface area contributed by atoms with Gasteiger partial charge >= 0.3 is 0 Å². The van der Waals surface area contributed by atoms with Crippen molar-refractivity contribution in [1.82, 2.24) is 19.2 Å². The Morgan fingerprint density at radius 3 is 2.92 bits per heavy atom. The van der Waals surface area contributed by atoms with Gasteiger partial charge in [0.25, 0.3) is 0 Å². The van der Waals surface area contributed by atoms with Gasteiger partial charge in [0, 0.05) is 32.5 Å². The minimum atomic E-state index is -3.61. The minimum Gasteiger partial charge on any atom is -0.471 e. The van der Waals surface area contributed by atoms with Crippen molar-refractivity contribution in [2.24, 2.45) is 7.05 Å². The number of nitrogens with one attached hydrogen (secondary N) is 1. The summed E-state index contributed by atoms with van der Waals surface area (Å²) >= 11 is 0. The van der Waals surface area contributed by atoms with Crippen LogP contribution < -0.4 is 4.72 Å². The highest BCUT2D eigenvalue weighted by Crippen LogP contribution is 2.28. The molecule has 1 saturated heterocycles. The predicted molar refractivity (Wildman–Crippen MR) is 86.8 cm³/mol. The van der Waals surface area contributed by atoms with E-state index < -0.39 is 10.0 Å². The van der Waals surface area contributed by atoms with Crippen LogP contribution in [0.1, 0.15) is 18.8 Å². The average Bonchev–Trinajstić information content (AvgIpc) is 3.24. The summed E-state index contributed by atoms with van der Waals surface area (Å²) in [4.78, 5) is 6.79. The zero-order chi connectivity index (χ0) is 17.2. The second-order valence-electron chi connectivity index (χ2n) is 5.69. The molecule has 0 unspecified atom stereocenters. The van der Waals surface area contributed by atoms with Gasteiger partial charge in [-0.25, -0.2) is 18.1 Å². The van der Waals surface area contributed by atoms with E-state index in [-0.39, 0.29) is 23.6 Å². The van der Waals surface area contributed by atoms with Crippen LogP contribution in [0.4, 0.5) is 0 Å². The molecule has 0 amide bonds. The van der Waals surface area contributed by atoms with Crippen LogP contribution in [-0.4, -0.2) is 55.2 Å². The van der Waals surface area contributed by atoms with E-state index in [4.69, 9.17) is 9.15 Å². The van der Waals surface area contributed by atoms with Gasteiger partial charge < -0.3 is 13.7 Å². The van der Waals surface area contributed by atoms with Gasteiger partial charge in [0.1, 0.15) is 17.0 Å². The lowest BCUT2D eigenvalue weighted by Gasteiger charge is -2.40. The molecule has 3 rings (SSSR count). The van der Waals surface area contributed by atoms with Crippen LogP contribution >= 0.6 is 0 Å². The van der Waals surface area contributed by atoms with Crippen LogP contribution in [0.5, 0.6) is 0 Å². The molecule has 0 aromatic carbocycles. The highest BCUT2D eigenvalue weighted by molar-refractivity contribution is 7.89. The minimum absolute atomic E-state index is 0.101. The lowest BCUT2D eigenvalue weighted by atomic mass is 10.1. The van der Waals surface area contributed by atoms with Crippen LogP contribution in [0, 0.1) is 0 Å². The number of hydrogen-bond acceptors (Lipinski definition) is 6. The van der Waals surface area contributed by atoms with E-state index in [1.807, 2.05) is 17.8 Å². The molecule has 0 radical (unpaired) electrons. The van der Waals surface area contributed by atoms with E-state index in [0.717, 1.165) is 18.9 Å². The quantitative estimate of drug-likeness (QED) is 0.823. The fourth-order valence-electron chi connectivity index (χ4n) is 2.98. The van der Waals surface area contributed by atoms with Crippen molar-refractivity contribution >= 4 is 10.0 Å². The first kappa shape index (κ1) is 17.2. The molecule has 2 aromatic heterocycles. The van der Waals surface area contributed by atoms with Gasteiger partial charge in [-0.1, -0.05) is 6.92 Å². The van der Waals surface area contributed by atoms with E-state index in [0.29, 0.717) is 6.61 Å². The normalized spacial score (nSPS) is 22.8. The Bertz CT molecular complexity index is 756. The summed E-state index contributed by atoms with van der Waals surface area (Å²) in [6.07, 6.45) is 5.84. The van der Waals surface area contributed by atoms with Crippen molar-refractivity contribution in [3.8, 4) is 0 Å². The van der Waals surface area contributed by atoms with Crippen LogP contribution in [0.3, 0.4) is 0 Å². The number of furan rings is 1. The maximum Gasteiger partial charge on any atom is 0.243 e. The Morgan fingerprint density at radius 1 is 1.46 bits per heavy atom. The number of sulfonamides is 1. The van der Waals surface area contributed by atoms with Crippen LogP contribution in [0.2, 0.25) is 0 Å². The maximum atomic E-state index is 12.3. The SMILES string of the molecule is CCN1CCO[C@@H](CNS(=O)(=O)c2ccoc2)[C@@H]1c1nccn1C. The van der Waals surface area contributed by atoms with Gasteiger partial charge in [0.15, 0.2) is 0 Å². The fraction of sp³-hybridized carbons (Fsp3) is 0.533. The third-order valence-electron chi connectivity index (χ3n) is 4.27. The lowest BCUT2D eigenvalue weighted by molar-refractivity contribution is -0.0708. The Balaban J connectivity index is 1.78. The van der Waals surface area contributed by atoms with Crippen molar-refractivity contribution in [2.75, 3.05) is 26.2 Å². The van der Waals surface area contributed by atoms with E-state index in [1.165, 1.54) is 18.6 Å². The fourth-order valence-corrected chi connectivity index (χ4v) is 3.95. The number of imidazole rings is 1. The van der Waals surface area contributed by atoms with Crippen molar-refractivity contribution in [1.29, 1.82) is 0 Å². The molecule has 2 aromatic rings.